The Labute approximate surface area is 117 Å². The summed E-state index contributed by atoms with van der Waals surface area (Å²) in [4.78, 5) is 0.882. The van der Waals surface area contributed by atoms with Crippen LogP contribution in [0.3, 0.4) is 0 Å². The van der Waals surface area contributed by atoms with E-state index in [9.17, 15) is 9.50 Å². The summed E-state index contributed by atoms with van der Waals surface area (Å²) in [6.45, 7) is 0. The fourth-order valence-corrected chi connectivity index (χ4v) is 2.64. The Bertz CT molecular complexity index is 506. The van der Waals surface area contributed by atoms with Crippen LogP contribution in [0.4, 0.5) is 4.39 Å². The Morgan fingerprint density at radius 1 is 1.41 bits per heavy atom. The van der Waals surface area contributed by atoms with Gasteiger partial charge in [0.15, 0.2) is 0 Å². The van der Waals surface area contributed by atoms with Crippen molar-refractivity contribution in [1.82, 2.24) is 0 Å². The fourth-order valence-electron chi connectivity index (χ4n) is 1.44. The van der Waals surface area contributed by atoms with Crippen LogP contribution in [-0.2, 0) is 0 Å². The van der Waals surface area contributed by atoms with Crippen molar-refractivity contribution < 1.29 is 9.50 Å². The average molecular weight is 339 g/mol. The van der Waals surface area contributed by atoms with E-state index < -0.39 is 11.9 Å². The molecule has 92 valence electrons. The highest BCUT2D eigenvalue weighted by Crippen LogP contribution is 2.35. The van der Waals surface area contributed by atoms with Crippen LogP contribution in [-0.4, -0.2) is 5.11 Å². The van der Waals surface area contributed by atoms with Gasteiger partial charge in [0.2, 0.25) is 0 Å². The van der Waals surface area contributed by atoms with Crippen molar-refractivity contribution in [2.75, 3.05) is 0 Å². The first-order valence-corrected chi connectivity index (χ1v) is 6.23. The van der Waals surface area contributed by atoms with Gasteiger partial charge in [-0.05, 0) is 39.5 Å². The number of halogens is 3. The molecule has 0 bridgehead atoms. The predicted octanol–water partition coefficient (Wildman–Crippen LogP) is 3.83. The second-order valence-electron chi connectivity index (χ2n) is 3.32. The number of phenolic OH excluding ortho intramolecular Hbond substituents is 1. The van der Waals surface area contributed by atoms with E-state index in [0.717, 1.165) is 4.88 Å². The molecule has 2 nitrogen and oxygen atoms in total. The van der Waals surface area contributed by atoms with Crippen LogP contribution < -0.4 is 5.73 Å². The minimum atomic E-state index is -0.507. The number of hydrogen-bond acceptors (Lipinski definition) is 3. The Hall–Kier alpha value is -0.620. The van der Waals surface area contributed by atoms with Gasteiger partial charge in [-0.2, -0.15) is 0 Å². The van der Waals surface area contributed by atoms with E-state index in [1.54, 1.807) is 0 Å². The van der Waals surface area contributed by atoms with E-state index in [2.05, 4.69) is 15.9 Å². The average Bonchev–Trinajstić information content (AvgIpc) is 2.75. The van der Waals surface area contributed by atoms with Crippen molar-refractivity contribution >= 4 is 39.7 Å². The third kappa shape index (κ3) is 2.98. The molecular weight excluding hydrogens is 329 g/mol. The number of phenols is 1. The Balaban J connectivity index is 0.00000144. The van der Waals surface area contributed by atoms with E-state index in [4.69, 9.17) is 5.73 Å². The Morgan fingerprint density at radius 3 is 2.71 bits per heavy atom. The van der Waals surface area contributed by atoms with Crippen LogP contribution in [0.1, 0.15) is 16.5 Å². The topological polar surface area (TPSA) is 46.2 Å². The van der Waals surface area contributed by atoms with E-state index in [1.807, 2.05) is 17.5 Å². The summed E-state index contributed by atoms with van der Waals surface area (Å²) in [6, 6.07) is 5.68. The minimum absolute atomic E-state index is 0. The number of hydrogen-bond donors (Lipinski definition) is 2. The van der Waals surface area contributed by atoms with E-state index in [0.29, 0.717) is 10.0 Å². The smallest absolute Gasteiger partial charge is 0.135 e. The zero-order valence-electron chi connectivity index (χ0n) is 8.56. The molecule has 0 aliphatic carbocycles. The van der Waals surface area contributed by atoms with Crippen LogP contribution in [0.15, 0.2) is 34.1 Å². The first kappa shape index (κ1) is 14.4. The second-order valence-corrected chi connectivity index (χ2v) is 5.15. The monoisotopic (exact) mass is 337 g/mol. The lowest BCUT2D eigenvalue weighted by Crippen LogP contribution is -2.10. The standard InChI is InChI=1S/C11H9BrFNOS.ClH/c12-8-5-6(13)4-7(11(8)15)10(14)9-2-1-3-16-9;/h1-5,10,15H,14H2;1H/t10-;/m1./s1. The minimum Gasteiger partial charge on any atom is -0.506 e. The highest BCUT2D eigenvalue weighted by atomic mass is 79.9. The summed E-state index contributed by atoms with van der Waals surface area (Å²) in [6.07, 6.45) is 0. The van der Waals surface area contributed by atoms with Gasteiger partial charge in [-0.15, -0.1) is 23.7 Å². The van der Waals surface area contributed by atoms with Gasteiger partial charge < -0.3 is 10.8 Å². The zero-order chi connectivity index (χ0) is 11.7. The van der Waals surface area contributed by atoms with Crippen molar-refractivity contribution in [2.45, 2.75) is 6.04 Å². The molecule has 0 aliphatic rings. The maximum atomic E-state index is 13.2. The summed E-state index contributed by atoms with van der Waals surface area (Å²) in [5, 5.41) is 11.7. The number of thiophene rings is 1. The molecule has 0 radical (unpaired) electrons. The molecule has 0 fully saturated rings. The molecule has 2 rings (SSSR count). The van der Waals surface area contributed by atoms with Gasteiger partial charge >= 0.3 is 0 Å². The van der Waals surface area contributed by atoms with Gasteiger partial charge in [0.05, 0.1) is 10.5 Å². The van der Waals surface area contributed by atoms with Gasteiger partial charge in [0, 0.05) is 10.4 Å². The van der Waals surface area contributed by atoms with Gasteiger partial charge in [-0.1, -0.05) is 6.07 Å². The maximum absolute atomic E-state index is 13.2. The Morgan fingerprint density at radius 2 is 2.12 bits per heavy atom. The largest absolute Gasteiger partial charge is 0.506 e. The van der Waals surface area contributed by atoms with Gasteiger partial charge in [-0.3, -0.25) is 0 Å². The molecular formula is C11H10BrClFNOS. The van der Waals surface area contributed by atoms with Crippen LogP contribution >= 0.6 is 39.7 Å². The van der Waals surface area contributed by atoms with Crippen molar-refractivity contribution in [2.24, 2.45) is 5.73 Å². The molecule has 3 N–H and O–H groups in total. The van der Waals surface area contributed by atoms with Crippen LogP contribution in [0, 0.1) is 5.82 Å². The van der Waals surface area contributed by atoms with Crippen LogP contribution in [0.25, 0.3) is 0 Å². The molecule has 0 saturated heterocycles. The highest BCUT2D eigenvalue weighted by molar-refractivity contribution is 9.10. The number of rotatable bonds is 2. The zero-order valence-corrected chi connectivity index (χ0v) is 11.8. The van der Waals surface area contributed by atoms with Crippen LogP contribution in [0.5, 0.6) is 5.75 Å². The molecule has 0 spiro atoms. The molecule has 2 aromatic rings. The lowest BCUT2D eigenvalue weighted by atomic mass is 10.1. The third-order valence-corrected chi connectivity index (χ3v) is 3.80. The second kappa shape index (κ2) is 5.82. The van der Waals surface area contributed by atoms with Crippen molar-refractivity contribution in [1.29, 1.82) is 0 Å². The number of nitrogens with two attached hydrogens (primary N) is 1. The quantitative estimate of drug-likeness (QED) is 0.874. The molecule has 1 heterocycles. The summed E-state index contributed by atoms with van der Waals surface area (Å²) in [5.74, 6) is -0.436. The summed E-state index contributed by atoms with van der Waals surface area (Å²) >= 11 is 4.56. The van der Waals surface area contributed by atoms with Crippen molar-refractivity contribution in [3.8, 4) is 5.75 Å². The lowest BCUT2D eigenvalue weighted by molar-refractivity contribution is 0.459. The normalized spacial score (nSPS) is 11.9. The third-order valence-electron chi connectivity index (χ3n) is 2.24. The SMILES string of the molecule is Cl.N[C@@H](c1cccs1)c1cc(F)cc(Br)c1O. The number of aromatic hydroxyl groups is 1. The summed E-state index contributed by atoms with van der Waals surface area (Å²) in [7, 11) is 0. The maximum Gasteiger partial charge on any atom is 0.135 e. The molecule has 0 unspecified atom stereocenters. The first-order chi connectivity index (χ1) is 7.59. The molecule has 17 heavy (non-hydrogen) atoms. The molecule has 1 aromatic heterocycles. The molecule has 6 heteroatoms. The van der Waals surface area contributed by atoms with Gasteiger partial charge in [0.25, 0.3) is 0 Å². The molecule has 0 saturated carbocycles. The highest BCUT2D eigenvalue weighted by Gasteiger charge is 2.17. The first-order valence-electron chi connectivity index (χ1n) is 4.56. The van der Waals surface area contributed by atoms with Gasteiger partial charge in [-0.25, -0.2) is 4.39 Å². The van der Waals surface area contributed by atoms with E-state index in [1.165, 1.54) is 23.5 Å². The van der Waals surface area contributed by atoms with E-state index in [-0.39, 0.29) is 18.2 Å². The van der Waals surface area contributed by atoms with Crippen molar-refractivity contribution in [3.63, 3.8) is 0 Å². The van der Waals surface area contributed by atoms with Crippen LogP contribution in [0.2, 0.25) is 0 Å². The molecule has 1 atom stereocenters. The van der Waals surface area contributed by atoms with E-state index >= 15 is 0 Å². The lowest BCUT2D eigenvalue weighted by Gasteiger charge is -2.13. The number of benzene rings is 1. The predicted molar refractivity (Wildman–Crippen MR) is 73.4 cm³/mol. The summed E-state index contributed by atoms with van der Waals surface area (Å²) in [5.41, 5.74) is 6.35. The van der Waals surface area contributed by atoms with Crippen molar-refractivity contribution in [3.05, 3.63) is 50.4 Å². The molecule has 0 aliphatic heterocycles. The molecule has 0 amide bonds. The fraction of sp³-hybridized carbons (Fsp3) is 0.0909. The molecule has 1 aromatic carbocycles. The van der Waals surface area contributed by atoms with Gasteiger partial charge in [0.1, 0.15) is 11.6 Å². The summed E-state index contributed by atoms with van der Waals surface area (Å²) < 4.78 is 13.5. The Kier molecular flexibility index (Phi) is 4.94.